The van der Waals surface area contributed by atoms with E-state index >= 15 is 0 Å². The minimum atomic E-state index is 0. The summed E-state index contributed by atoms with van der Waals surface area (Å²) in [4.78, 5) is 4.84. The second kappa shape index (κ2) is 7.51. The van der Waals surface area contributed by atoms with Gasteiger partial charge in [-0.25, -0.2) is 4.98 Å². The van der Waals surface area contributed by atoms with Crippen molar-refractivity contribution in [3.8, 4) is 5.75 Å². The zero-order chi connectivity index (χ0) is 15.5. The first-order valence-electron chi connectivity index (χ1n) is 7.74. The Kier molecular flexibility index (Phi) is 5.67. The molecule has 23 heavy (non-hydrogen) atoms. The van der Waals surface area contributed by atoms with Gasteiger partial charge in [-0.1, -0.05) is 38.1 Å². The SMILES string of the molecule is COc1ccc(Cc2nc3ccccc3n2CC(C)C)cc1.Cl. The van der Waals surface area contributed by atoms with Crippen LogP contribution in [0.2, 0.25) is 0 Å². The number of nitrogens with zero attached hydrogens (tertiary/aromatic N) is 2. The van der Waals surface area contributed by atoms with Crippen LogP contribution in [0.5, 0.6) is 5.75 Å². The molecule has 4 heteroatoms. The Bertz CT molecular complexity index is 763. The maximum absolute atomic E-state index is 5.22. The second-order valence-electron chi connectivity index (χ2n) is 6.05. The predicted octanol–water partition coefficient (Wildman–Crippen LogP) is 4.71. The Hall–Kier alpha value is -2.00. The summed E-state index contributed by atoms with van der Waals surface area (Å²) in [6.45, 7) is 5.48. The van der Waals surface area contributed by atoms with Gasteiger partial charge in [-0.15, -0.1) is 12.4 Å². The number of para-hydroxylation sites is 2. The zero-order valence-corrected chi connectivity index (χ0v) is 14.6. The lowest BCUT2D eigenvalue weighted by molar-refractivity contribution is 0.414. The third kappa shape index (κ3) is 3.85. The van der Waals surface area contributed by atoms with Gasteiger partial charge in [-0.2, -0.15) is 0 Å². The predicted molar refractivity (Wildman–Crippen MR) is 97.6 cm³/mol. The number of fused-ring (bicyclic) bond motifs is 1. The molecule has 0 unspecified atom stereocenters. The van der Waals surface area contributed by atoms with Gasteiger partial charge in [0.05, 0.1) is 18.1 Å². The largest absolute Gasteiger partial charge is 0.497 e. The molecule has 0 saturated carbocycles. The molecule has 0 aliphatic rings. The topological polar surface area (TPSA) is 27.1 Å². The third-order valence-corrected chi connectivity index (χ3v) is 3.80. The summed E-state index contributed by atoms with van der Waals surface area (Å²) in [5.41, 5.74) is 3.55. The van der Waals surface area contributed by atoms with E-state index in [9.17, 15) is 0 Å². The molecule has 0 aliphatic carbocycles. The Morgan fingerprint density at radius 2 is 1.74 bits per heavy atom. The van der Waals surface area contributed by atoms with E-state index in [2.05, 4.69) is 48.7 Å². The van der Waals surface area contributed by atoms with Crippen LogP contribution < -0.4 is 4.74 Å². The van der Waals surface area contributed by atoms with Crippen molar-refractivity contribution < 1.29 is 4.74 Å². The second-order valence-corrected chi connectivity index (χ2v) is 6.05. The van der Waals surface area contributed by atoms with Gasteiger partial charge in [0.1, 0.15) is 11.6 Å². The van der Waals surface area contributed by atoms with E-state index < -0.39 is 0 Å². The van der Waals surface area contributed by atoms with Crippen molar-refractivity contribution in [1.82, 2.24) is 9.55 Å². The van der Waals surface area contributed by atoms with Crippen LogP contribution in [0, 0.1) is 5.92 Å². The molecule has 0 spiro atoms. The van der Waals surface area contributed by atoms with Crippen molar-refractivity contribution in [2.24, 2.45) is 5.92 Å². The molecule has 122 valence electrons. The normalized spacial score (nSPS) is 10.8. The first kappa shape index (κ1) is 17.4. The van der Waals surface area contributed by atoms with Gasteiger partial charge in [0.15, 0.2) is 0 Å². The van der Waals surface area contributed by atoms with Gasteiger partial charge in [0.25, 0.3) is 0 Å². The minimum Gasteiger partial charge on any atom is -0.497 e. The molecule has 0 aliphatic heterocycles. The summed E-state index contributed by atoms with van der Waals surface area (Å²) in [6, 6.07) is 16.6. The Morgan fingerprint density at radius 3 is 2.39 bits per heavy atom. The van der Waals surface area contributed by atoms with E-state index in [-0.39, 0.29) is 12.4 Å². The molecule has 0 saturated heterocycles. The molecule has 3 aromatic rings. The van der Waals surface area contributed by atoms with Crippen LogP contribution in [0.25, 0.3) is 11.0 Å². The average molecular weight is 331 g/mol. The highest BCUT2D eigenvalue weighted by molar-refractivity contribution is 5.85. The first-order chi connectivity index (χ1) is 10.7. The van der Waals surface area contributed by atoms with Crippen molar-refractivity contribution in [2.75, 3.05) is 7.11 Å². The van der Waals surface area contributed by atoms with Gasteiger partial charge < -0.3 is 9.30 Å². The van der Waals surface area contributed by atoms with Crippen molar-refractivity contribution in [3.63, 3.8) is 0 Å². The van der Waals surface area contributed by atoms with Gasteiger partial charge >= 0.3 is 0 Å². The van der Waals surface area contributed by atoms with Crippen molar-refractivity contribution in [3.05, 3.63) is 59.9 Å². The van der Waals surface area contributed by atoms with E-state index in [1.807, 2.05) is 18.2 Å². The Labute approximate surface area is 143 Å². The number of hydrogen-bond acceptors (Lipinski definition) is 2. The number of aromatic nitrogens is 2. The van der Waals surface area contributed by atoms with Crippen LogP contribution in [-0.4, -0.2) is 16.7 Å². The molecule has 2 aromatic carbocycles. The summed E-state index contributed by atoms with van der Waals surface area (Å²) in [5.74, 6) is 2.60. The summed E-state index contributed by atoms with van der Waals surface area (Å²) in [7, 11) is 1.69. The molecule has 0 radical (unpaired) electrons. The zero-order valence-electron chi connectivity index (χ0n) is 13.8. The third-order valence-electron chi connectivity index (χ3n) is 3.80. The van der Waals surface area contributed by atoms with Crippen molar-refractivity contribution in [1.29, 1.82) is 0 Å². The number of hydrogen-bond donors (Lipinski definition) is 0. The van der Waals surface area contributed by atoms with Crippen LogP contribution in [0.1, 0.15) is 25.2 Å². The minimum absolute atomic E-state index is 0. The highest BCUT2D eigenvalue weighted by Crippen LogP contribution is 2.21. The van der Waals surface area contributed by atoms with Gasteiger partial charge in [0, 0.05) is 13.0 Å². The highest BCUT2D eigenvalue weighted by atomic mass is 35.5. The molecule has 0 fully saturated rings. The van der Waals surface area contributed by atoms with Gasteiger partial charge in [-0.05, 0) is 35.7 Å². The Morgan fingerprint density at radius 1 is 1.04 bits per heavy atom. The number of halogens is 1. The van der Waals surface area contributed by atoms with Gasteiger partial charge in [-0.3, -0.25) is 0 Å². The number of benzene rings is 2. The van der Waals surface area contributed by atoms with Crippen molar-refractivity contribution in [2.45, 2.75) is 26.8 Å². The number of rotatable bonds is 5. The van der Waals surface area contributed by atoms with E-state index in [1.165, 1.54) is 11.1 Å². The van der Waals surface area contributed by atoms with Crippen LogP contribution in [-0.2, 0) is 13.0 Å². The van der Waals surface area contributed by atoms with Crippen LogP contribution in [0.3, 0.4) is 0 Å². The standard InChI is InChI=1S/C19H22N2O.ClH/c1-14(2)13-21-18-7-5-4-6-17(18)20-19(21)12-15-8-10-16(22-3)11-9-15;/h4-11,14H,12-13H2,1-3H3;1H. The molecule has 1 heterocycles. The summed E-state index contributed by atoms with van der Waals surface area (Å²) in [5, 5.41) is 0. The van der Waals surface area contributed by atoms with Crippen LogP contribution >= 0.6 is 12.4 Å². The molecule has 3 rings (SSSR count). The first-order valence-corrected chi connectivity index (χ1v) is 7.74. The van der Waals surface area contributed by atoms with Crippen LogP contribution in [0.15, 0.2) is 48.5 Å². The monoisotopic (exact) mass is 330 g/mol. The molecule has 1 aromatic heterocycles. The molecule has 0 atom stereocenters. The fourth-order valence-corrected chi connectivity index (χ4v) is 2.76. The fourth-order valence-electron chi connectivity index (χ4n) is 2.76. The maximum Gasteiger partial charge on any atom is 0.118 e. The lowest BCUT2D eigenvalue weighted by Crippen LogP contribution is -2.09. The van der Waals surface area contributed by atoms with E-state index in [1.54, 1.807) is 7.11 Å². The van der Waals surface area contributed by atoms with E-state index in [4.69, 9.17) is 9.72 Å². The molecule has 0 N–H and O–H groups in total. The number of methoxy groups -OCH3 is 1. The van der Waals surface area contributed by atoms with E-state index in [0.29, 0.717) is 5.92 Å². The lowest BCUT2D eigenvalue weighted by atomic mass is 10.1. The summed E-state index contributed by atoms with van der Waals surface area (Å²) >= 11 is 0. The molecule has 0 bridgehead atoms. The molecular formula is C19H23ClN2O. The van der Waals surface area contributed by atoms with Gasteiger partial charge in [0.2, 0.25) is 0 Å². The Balaban J connectivity index is 0.00000192. The molecule has 3 nitrogen and oxygen atoms in total. The smallest absolute Gasteiger partial charge is 0.118 e. The summed E-state index contributed by atoms with van der Waals surface area (Å²) in [6.07, 6.45) is 0.839. The molecule has 0 amide bonds. The quantitative estimate of drug-likeness (QED) is 0.677. The van der Waals surface area contributed by atoms with Crippen LogP contribution in [0.4, 0.5) is 0 Å². The van der Waals surface area contributed by atoms with Crippen molar-refractivity contribution >= 4 is 23.4 Å². The highest BCUT2D eigenvalue weighted by Gasteiger charge is 2.12. The molecular weight excluding hydrogens is 308 g/mol. The maximum atomic E-state index is 5.22. The summed E-state index contributed by atoms with van der Waals surface area (Å²) < 4.78 is 7.57. The lowest BCUT2D eigenvalue weighted by Gasteiger charge is -2.12. The van der Waals surface area contributed by atoms with E-state index in [0.717, 1.165) is 30.1 Å². The average Bonchev–Trinajstić information content (AvgIpc) is 2.85. The fraction of sp³-hybridized carbons (Fsp3) is 0.316. The number of imidazole rings is 1. The number of ether oxygens (including phenoxy) is 1.